The Labute approximate surface area is 300 Å². The van der Waals surface area contributed by atoms with Crippen molar-refractivity contribution in [2.24, 2.45) is 7.05 Å². The number of amides is 1. The smallest absolute Gasteiger partial charge is 0.335 e. The van der Waals surface area contributed by atoms with Crippen LogP contribution in [-0.2, 0) is 13.5 Å². The lowest BCUT2D eigenvalue weighted by molar-refractivity contribution is 0.0696. The van der Waals surface area contributed by atoms with Crippen molar-refractivity contribution in [3.05, 3.63) is 104 Å². The lowest BCUT2D eigenvalue weighted by atomic mass is 9.98. The van der Waals surface area contributed by atoms with E-state index in [0.717, 1.165) is 60.9 Å². The molecule has 0 fully saturated rings. The summed E-state index contributed by atoms with van der Waals surface area (Å²) in [6, 6.07) is 14.2. The highest BCUT2D eigenvalue weighted by Gasteiger charge is 2.37. The Hall–Kier alpha value is -4.86. The number of hydrogen-bond donors (Lipinski definition) is 1. The first-order valence-corrected chi connectivity index (χ1v) is 17.3. The summed E-state index contributed by atoms with van der Waals surface area (Å²) in [4.78, 5) is 33.1. The molecule has 3 aromatic heterocycles. The van der Waals surface area contributed by atoms with Gasteiger partial charge in [-0.05, 0) is 107 Å². The summed E-state index contributed by atoms with van der Waals surface area (Å²) in [5.41, 5.74) is 9.31. The number of rotatable bonds is 8. The zero-order valence-electron chi connectivity index (χ0n) is 28.8. The second-order valence-corrected chi connectivity index (χ2v) is 13.9. The number of halogens is 2. The molecule has 0 saturated carbocycles. The Morgan fingerprint density at radius 2 is 1.74 bits per heavy atom. The number of pyridine rings is 1. The Morgan fingerprint density at radius 3 is 2.42 bits per heavy atom. The van der Waals surface area contributed by atoms with E-state index in [2.05, 4.69) is 16.5 Å². The number of carboxylic acids is 1. The molecule has 4 heterocycles. The number of aryl methyl sites for hydroxylation is 5. The summed E-state index contributed by atoms with van der Waals surface area (Å²) in [5.74, 6) is -0.459. The molecule has 0 unspecified atom stereocenters. The molecule has 6 aromatic rings. The normalized spacial score (nSPS) is 14.5. The van der Waals surface area contributed by atoms with Crippen molar-refractivity contribution in [3.8, 4) is 16.9 Å². The number of benzene rings is 3. The topological polar surface area (TPSA) is 102 Å². The minimum absolute atomic E-state index is 0.131. The van der Waals surface area contributed by atoms with Crippen molar-refractivity contribution in [3.63, 3.8) is 0 Å². The highest BCUT2D eigenvalue weighted by Crippen LogP contribution is 2.45. The van der Waals surface area contributed by atoms with E-state index < -0.39 is 5.97 Å². The van der Waals surface area contributed by atoms with Crippen LogP contribution in [0.2, 0.25) is 10.0 Å². The quantitative estimate of drug-likeness (QED) is 0.158. The van der Waals surface area contributed by atoms with Gasteiger partial charge in [0, 0.05) is 58.4 Å². The SMILES string of the molecule is Cc1cc(OCCCc2c3n(c4c(-c5c(C)nn(C)c5C)c(Cl)ccc24)[C@H](C)CN(c2ccnc4ccc(C(=O)O)cc24)C3=O)cc(C)c1Cl. The number of hydrogen-bond acceptors (Lipinski definition) is 5. The average Bonchev–Trinajstić information content (AvgIpc) is 3.55. The molecule has 0 radical (unpaired) electrons. The van der Waals surface area contributed by atoms with Gasteiger partial charge in [0.05, 0.1) is 39.6 Å². The first-order chi connectivity index (χ1) is 23.9. The number of carbonyl (C=O) groups excluding carboxylic acids is 1. The number of nitrogens with zero attached hydrogens (tertiary/aromatic N) is 5. The van der Waals surface area contributed by atoms with Gasteiger partial charge in [-0.25, -0.2) is 4.79 Å². The van der Waals surface area contributed by atoms with Gasteiger partial charge in [0.2, 0.25) is 0 Å². The molecule has 256 valence electrons. The van der Waals surface area contributed by atoms with Crippen LogP contribution in [0.5, 0.6) is 5.75 Å². The maximum Gasteiger partial charge on any atom is 0.335 e. The van der Waals surface area contributed by atoms with Crippen LogP contribution in [0.3, 0.4) is 0 Å². The largest absolute Gasteiger partial charge is 0.494 e. The van der Waals surface area contributed by atoms with Gasteiger partial charge in [0.25, 0.3) is 5.91 Å². The second kappa shape index (κ2) is 12.8. The number of carbonyl (C=O) groups is 2. The predicted octanol–water partition coefficient (Wildman–Crippen LogP) is 9.06. The third-order valence-electron chi connectivity index (χ3n) is 9.82. The average molecular weight is 711 g/mol. The van der Waals surface area contributed by atoms with E-state index in [1.54, 1.807) is 29.3 Å². The van der Waals surface area contributed by atoms with Gasteiger partial charge in [-0.3, -0.25) is 14.5 Å². The Kier molecular flexibility index (Phi) is 8.60. The predicted molar refractivity (Wildman–Crippen MR) is 198 cm³/mol. The number of ether oxygens (including phenoxy) is 1. The minimum atomic E-state index is -1.04. The number of aromatic carboxylic acids is 1. The molecule has 1 aliphatic heterocycles. The minimum Gasteiger partial charge on any atom is -0.494 e. The fourth-order valence-electron chi connectivity index (χ4n) is 7.44. The van der Waals surface area contributed by atoms with E-state index >= 15 is 0 Å². The Bertz CT molecular complexity index is 2350. The number of carboxylic acid groups (broad SMARTS) is 1. The molecule has 50 heavy (non-hydrogen) atoms. The monoisotopic (exact) mass is 709 g/mol. The van der Waals surface area contributed by atoms with Gasteiger partial charge in [-0.1, -0.05) is 29.3 Å². The van der Waals surface area contributed by atoms with Gasteiger partial charge in [0.1, 0.15) is 11.4 Å². The first kappa shape index (κ1) is 33.6. The van der Waals surface area contributed by atoms with Crippen LogP contribution in [0, 0.1) is 27.7 Å². The molecule has 1 atom stereocenters. The van der Waals surface area contributed by atoms with E-state index in [-0.39, 0.29) is 17.5 Å². The number of aromatic nitrogens is 4. The zero-order chi connectivity index (χ0) is 35.6. The Morgan fingerprint density at radius 1 is 1.00 bits per heavy atom. The fraction of sp³-hybridized carbons (Fsp3) is 0.282. The van der Waals surface area contributed by atoms with Crippen LogP contribution in [-0.4, -0.2) is 49.5 Å². The Balaban J connectivity index is 1.38. The highest BCUT2D eigenvalue weighted by atomic mass is 35.5. The van der Waals surface area contributed by atoms with E-state index in [1.165, 1.54) is 6.07 Å². The molecule has 0 bridgehead atoms. The van der Waals surface area contributed by atoms with Crippen LogP contribution in [0.1, 0.15) is 68.3 Å². The van der Waals surface area contributed by atoms with Crippen LogP contribution in [0.25, 0.3) is 32.9 Å². The summed E-state index contributed by atoms with van der Waals surface area (Å²) >= 11 is 13.4. The number of anilines is 1. The van der Waals surface area contributed by atoms with Crippen molar-refractivity contribution in [1.82, 2.24) is 19.3 Å². The lowest BCUT2D eigenvalue weighted by Gasteiger charge is -2.35. The van der Waals surface area contributed by atoms with Gasteiger partial charge in [-0.2, -0.15) is 5.10 Å². The van der Waals surface area contributed by atoms with E-state index in [0.29, 0.717) is 53.3 Å². The maximum atomic E-state index is 14.9. The standard InChI is InChI=1S/C39H37Cl2N5O4/c1-20-16-26(17-21(2)35(20)41)50-15-7-8-27-28-10-11-30(40)34(33-23(4)43-44(6)24(33)5)36(28)46-22(3)19-45(38(47)37(27)46)32-13-14-42-31-12-9-25(39(48)49)18-29(31)32/h9-14,16-18,22H,7-8,15,19H2,1-6H3,(H,48,49)/t22-/m1/s1. The molecule has 1 N–H and O–H groups in total. The molecule has 0 spiro atoms. The van der Waals surface area contributed by atoms with Crippen LogP contribution < -0.4 is 9.64 Å². The fourth-order valence-corrected chi connectivity index (χ4v) is 7.79. The summed E-state index contributed by atoms with van der Waals surface area (Å²) < 4.78 is 10.2. The summed E-state index contributed by atoms with van der Waals surface area (Å²) in [7, 11) is 1.92. The van der Waals surface area contributed by atoms with E-state index in [4.69, 9.17) is 33.0 Å². The molecule has 9 nitrogen and oxygen atoms in total. The van der Waals surface area contributed by atoms with Crippen molar-refractivity contribution < 1.29 is 19.4 Å². The third-order valence-corrected chi connectivity index (χ3v) is 10.7. The molecule has 1 amide bonds. The van der Waals surface area contributed by atoms with E-state index in [9.17, 15) is 14.7 Å². The van der Waals surface area contributed by atoms with Crippen molar-refractivity contribution in [2.45, 2.75) is 53.5 Å². The van der Waals surface area contributed by atoms with Crippen molar-refractivity contribution in [2.75, 3.05) is 18.1 Å². The molecule has 11 heteroatoms. The van der Waals surface area contributed by atoms with Crippen LogP contribution >= 0.6 is 23.2 Å². The third kappa shape index (κ3) is 5.49. The molecular formula is C39H37Cl2N5O4. The van der Waals surface area contributed by atoms with Crippen molar-refractivity contribution >= 4 is 62.6 Å². The molecule has 1 aliphatic rings. The molecule has 7 rings (SSSR count). The van der Waals surface area contributed by atoms with Gasteiger partial charge in [-0.15, -0.1) is 0 Å². The van der Waals surface area contributed by atoms with Crippen LogP contribution in [0.15, 0.2) is 54.7 Å². The first-order valence-electron chi connectivity index (χ1n) is 16.6. The number of fused-ring (bicyclic) bond motifs is 4. The van der Waals surface area contributed by atoms with Crippen molar-refractivity contribution in [1.29, 1.82) is 0 Å². The van der Waals surface area contributed by atoms with Crippen LogP contribution in [0.4, 0.5) is 5.69 Å². The molecular weight excluding hydrogens is 673 g/mol. The molecule has 0 aliphatic carbocycles. The molecule has 3 aromatic carbocycles. The maximum absolute atomic E-state index is 14.9. The molecule has 0 saturated heterocycles. The van der Waals surface area contributed by atoms with E-state index in [1.807, 2.05) is 63.7 Å². The zero-order valence-corrected chi connectivity index (χ0v) is 30.3. The lowest BCUT2D eigenvalue weighted by Crippen LogP contribution is -2.42. The van der Waals surface area contributed by atoms with Gasteiger partial charge >= 0.3 is 5.97 Å². The van der Waals surface area contributed by atoms with Gasteiger partial charge < -0.3 is 19.3 Å². The summed E-state index contributed by atoms with van der Waals surface area (Å²) in [6.45, 7) is 10.8. The highest BCUT2D eigenvalue weighted by molar-refractivity contribution is 6.35. The summed E-state index contributed by atoms with van der Waals surface area (Å²) in [5, 5.41) is 17.3. The second-order valence-electron chi connectivity index (χ2n) is 13.1. The van der Waals surface area contributed by atoms with Gasteiger partial charge in [0.15, 0.2) is 0 Å². The summed E-state index contributed by atoms with van der Waals surface area (Å²) in [6.07, 6.45) is 2.88.